The van der Waals surface area contributed by atoms with Gasteiger partial charge in [0.05, 0.1) is 26.9 Å². The van der Waals surface area contributed by atoms with Crippen molar-refractivity contribution in [3.8, 4) is 11.8 Å². The Morgan fingerprint density at radius 3 is 2.36 bits per heavy atom. The van der Waals surface area contributed by atoms with Crippen molar-refractivity contribution in [2.24, 2.45) is 5.16 Å². The summed E-state index contributed by atoms with van der Waals surface area (Å²) >= 11 is 11.9. The fourth-order valence-corrected chi connectivity index (χ4v) is 2.80. The SMILES string of the molecule is CON=C(C)c1c(C#N)nn(-c2c(Cl)cc(C(F)(F)F)cc2Cl)c1N. The second-order valence-electron chi connectivity index (χ2n) is 4.78. The van der Waals surface area contributed by atoms with E-state index in [0.29, 0.717) is 12.1 Å². The maximum absolute atomic E-state index is 12.8. The van der Waals surface area contributed by atoms with E-state index in [0.717, 1.165) is 4.68 Å². The van der Waals surface area contributed by atoms with Crippen LogP contribution in [-0.2, 0) is 11.0 Å². The number of halogens is 5. The van der Waals surface area contributed by atoms with E-state index in [2.05, 4.69) is 15.1 Å². The van der Waals surface area contributed by atoms with Crippen molar-refractivity contribution in [2.75, 3.05) is 12.8 Å². The fraction of sp³-hybridized carbons (Fsp3) is 0.214. The summed E-state index contributed by atoms with van der Waals surface area (Å²) in [5, 5.41) is 16.2. The van der Waals surface area contributed by atoms with Crippen LogP contribution < -0.4 is 5.73 Å². The van der Waals surface area contributed by atoms with Gasteiger partial charge < -0.3 is 10.6 Å². The molecule has 0 unspecified atom stereocenters. The molecular formula is C14H10Cl2F3N5O. The average Bonchev–Trinajstić information content (AvgIpc) is 2.82. The zero-order chi connectivity index (χ0) is 18.9. The molecule has 0 atom stereocenters. The lowest BCUT2D eigenvalue weighted by molar-refractivity contribution is -0.137. The van der Waals surface area contributed by atoms with Crippen LogP contribution >= 0.6 is 23.2 Å². The van der Waals surface area contributed by atoms with Gasteiger partial charge in [0.1, 0.15) is 24.7 Å². The molecule has 0 aliphatic rings. The first-order valence-electron chi connectivity index (χ1n) is 6.55. The fourth-order valence-electron chi connectivity index (χ4n) is 2.15. The molecule has 6 nitrogen and oxygen atoms in total. The molecule has 0 saturated carbocycles. The topological polar surface area (TPSA) is 89.2 Å². The second kappa shape index (κ2) is 6.82. The Labute approximate surface area is 150 Å². The molecule has 1 aromatic heterocycles. The van der Waals surface area contributed by atoms with Crippen LogP contribution in [0.25, 0.3) is 5.69 Å². The molecule has 0 aliphatic carbocycles. The summed E-state index contributed by atoms with van der Waals surface area (Å²) < 4.78 is 39.5. The number of aromatic nitrogens is 2. The van der Waals surface area contributed by atoms with Crippen LogP contribution in [0.5, 0.6) is 0 Å². The first kappa shape index (κ1) is 18.9. The molecule has 0 saturated heterocycles. The number of alkyl halides is 3. The van der Waals surface area contributed by atoms with Crippen molar-refractivity contribution in [2.45, 2.75) is 13.1 Å². The molecule has 11 heteroatoms. The van der Waals surface area contributed by atoms with E-state index in [1.54, 1.807) is 0 Å². The highest BCUT2D eigenvalue weighted by Crippen LogP contribution is 2.38. The van der Waals surface area contributed by atoms with E-state index in [9.17, 15) is 18.4 Å². The average molecular weight is 392 g/mol. The maximum atomic E-state index is 12.8. The Hall–Kier alpha value is -2.44. The van der Waals surface area contributed by atoms with Crippen LogP contribution in [0.1, 0.15) is 23.7 Å². The third-order valence-corrected chi connectivity index (χ3v) is 3.75. The second-order valence-corrected chi connectivity index (χ2v) is 5.59. The third kappa shape index (κ3) is 3.50. The van der Waals surface area contributed by atoms with Crippen molar-refractivity contribution >= 4 is 34.7 Å². The van der Waals surface area contributed by atoms with Gasteiger partial charge in [-0.1, -0.05) is 28.4 Å². The van der Waals surface area contributed by atoms with Gasteiger partial charge in [0.15, 0.2) is 5.69 Å². The zero-order valence-corrected chi connectivity index (χ0v) is 14.3. The van der Waals surface area contributed by atoms with E-state index in [4.69, 9.17) is 28.9 Å². The standard InChI is InChI=1S/C14H10Cl2F3N5O/c1-6(23-25-2)11-10(5-20)22-24(13(11)21)12-8(15)3-7(4-9(12)16)14(17,18)19/h3-4H,21H2,1-2H3. The summed E-state index contributed by atoms with van der Waals surface area (Å²) in [5.41, 5.74) is 5.18. The van der Waals surface area contributed by atoms with Gasteiger partial charge in [-0.05, 0) is 19.1 Å². The Kier molecular flexibility index (Phi) is 5.15. The minimum Gasteiger partial charge on any atom is -0.399 e. The minimum atomic E-state index is -4.62. The summed E-state index contributed by atoms with van der Waals surface area (Å²) in [6.45, 7) is 1.53. The van der Waals surface area contributed by atoms with Crippen LogP contribution in [0, 0.1) is 11.3 Å². The van der Waals surface area contributed by atoms with E-state index < -0.39 is 11.7 Å². The number of hydrogen-bond donors (Lipinski definition) is 1. The van der Waals surface area contributed by atoms with E-state index in [1.165, 1.54) is 14.0 Å². The number of nitrogens with two attached hydrogens (primary N) is 1. The molecule has 132 valence electrons. The van der Waals surface area contributed by atoms with Gasteiger partial charge in [-0.2, -0.15) is 23.5 Å². The minimum absolute atomic E-state index is 0.0709. The largest absolute Gasteiger partial charge is 0.416 e. The molecule has 25 heavy (non-hydrogen) atoms. The van der Waals surface area contributed by atoms with Crippen LogP contribution in [0.15, 0.2) is 17.3 Å². The highest BCUT2D eigenvalue weighted by Gasteiger charge is 2.33. The summed E-state index contributed by atoms with van der Waals surface area (Å²) in [7, 11) is 1.31. The van der Waals surface area contributed by atoms with Crippen molar-refractivity contribution in [3.05, 3.63) is 39.0 Å². The van der Waals surface area contributed by atoms with Crippen LogP contribution in [0.4, 0.5) is 19.0 Å². The maximum Gasteiger partial charge on any atom is 0.416 e. The normalized spacial score (nSPS) is 12.2. The van der Waals surface area contributed by atoms with Gasteiger partial charge in [0, 0.05) is 0 Å². The number of oxime groups is 1. The Morgan fingerprint density at radius 2 is 1.92 bits per heavy atom. The van der Waals surface area contributed by atoms with Crippen molar-refractivity contribution in [1.82, 2.24) is 9.78 Å². The van der Waals surface area contributed by atoms with Gasteiger partial charge in [0.2, 0.25) is 0 Å². The van der Waals surface area contributed by atoms with Gasteiger partial charge in [-0.25, -0.2) is 4.68 Å². The van der Waals surface area contributed by atoms with E-state index >= 15 is 0 Å². The molecule has 2 aromatic rings. The molecule has 0 bridgehead atoms. The molecule has 0 spiro atoms. The Balaban J connectivity index is 2.73. The number of rotatable bonds is 3. The van der Waals surface area contributed by atoms with E-state index in [-0.39, 0.29) is 38.5 Å². The van der Waals surface area contributed by atoms with Crippen molar-refractivity contribution in [1.29, 1.82) is 5.26 Å². The molecular weight excluding hydrogens is 382 g/mol. The molecule has 2 rings (SSSR count). The Bertz CT molecular complexity index is 876. The van der Waals surface area contributed by atoms with Gasteiger partial charge in [0.25, 0.3) is 0 Å². The predicted octanol–water partition coefficient (Wildman–Crippen LogP) is 4.02. The molecule has 0 aliphatic heterocycles. The van der Waals surface area contributed by atoms with Gasteiger partial charge in [-0.15, -0.1) is 0 Å². The molecule has 0 radical (unpaired) electrons. The summed E-state index contributed by atoms with van der Waals surface area (Å²) in [6, 6.07) is 3.23. The zero-order valence-electron chi connectivity index (χ0n) is 12.8. The molecule has 1 aromatic carbocycles. The van der Waals surface area contributed by atoms with E-state index in [1.807, 2.05) is 6.07 Å². The number of nitrogen functional groups attached to an aromatic ring is 1. The summed E-state index contributed by atoms with van der Waals surface area (Å²) in [4.78, 5) is 4.64. The number of nitrogens with zero attached hydrogens (tertiary/aromatic N) is 4. The quantitative estimate of drug-likeness (QED) is 0.631. The lowest BCUT2D eigenvalue weighted by Gasteiger charge is -2.13. The van der Waals surface area contributed by atoms with Gasteiger partial charge in [-0.3, -0.25) is 0 Å². The molecule has 1 heterocycles. The van der Waals surface area contributed by atoms with Crippen molar-refractivity contribution < 1.29 is 18.0 Å². The monoisotopic (exact) mass is 391 g/mol. The molecule has 2 N–H and O–H groups in total. The molecule has 0 amide bonds. The number of nitriles is 1. The van der Waals surface area contributed by atoms with Crippen LogP contribution in [-0.4, -0.2) is 22.6 Å². The highest BCUT2D eigenvalue weighted by atomic mass is 35.5. The van der Waals surface area contributed by atoms with Crippen LogP contribution in [0.3, 0.4) is 0 Å². The third-order valence-electron chi connectivity index (χ3n) is 3.17. The highest BCUT2D eigenvalue weighted by molar-refractivity contribution is 6.38. The number of benzene rings is 1. The van der Waals surface area contributed by atoms with Crippen molar-refractivity contribution in [3.63, 3.8) is 0 Å². The number of hydrogen-bond acceptors (Lipinski definition) is 5. The van der Waals surface area contributed by atoms with Crippen LogP contribution in [0.2, 0.25) is 10.0 Å². The smallest absolute Gasteiger partial charge is 0.399 e. The lowest BCUT2D eigenvalue weighted by atomic mass is 10.1. The summed E-state index contributed by atoms with van der Waals surface area (Å²) in [5.74, 6) is -0.0709. The number of anilines is 1. The molecule has 0 fully saturated rings. The first-order chi connectivity index (χ1) is 11.6. The lowest BCUT2D eigenvalue weighted by Crippen LogP contribution is -2.09. The van der Waals surface area contributed by atoms with Gasteiger partial charge >= 0.3 is 6.18 Å². The first-order valence-corrected chi connectivity index (χ1v) is 7.30. The Morgan fingerprint density at radius 1 is 1.36 bits per heavy atom. The summed E-state index contributed by atoms with van der Waals surface area (Å²) in [6.07, 6.45) is -4.62. The predicted molar refractivity (Wildman–Crippen MR) is 86.9 cm³/mol.